The molecule has 1 saturated heterocycles. The fourth-order valence-electron chi connectivity index (χ4n) is 5.34. The van der Waals surface area contributed by atoms with Crippen LogP contribution in [0.3, 0.4) is 0 Å². The number of ether oxygens (including phenoxy) is 2. The Morgan fingerprint density at radius 3 is 2.61 bits per heavy atom. The zero-order chi connectivity index (χ0) is 29.4. The Kier molecular flexibility index (Phi) is 10.4. The molecule has 0 saturated carbocycles. The van der Waals surface area contributed by atoms with Gasteiger partial charge < -0.3 is 30.1 Å². The maximum Gasteiger partial charge on any atom is 0.406 e. The number of amides is 2. The van der Waals surface area contributed by atoms with E-state index in [0.717, 1.165) is 23.2 Å². The first-order chi connectivity index (χ1) is 19.8. The Bertz CT molecular complexity index is 1350. The summed E-state index contributed by atoms with van der Waals surface area (Å²) in [5, 5.41) is 18.8. The number of morpholine rings is 1. The standard InChI is InChI=1S/C32H38ClN3O5/c1-22-7-4-8-25(19-22)29-26(9-5-10-27(29)33)32(39,15-6-16-35-31(38)40-3)28-21-36(17-18-41-28)30(37)24-13-11-23(12-14-24)20-34-2/h4-5,7-14,19,28,34,39H,6,15-18,20-21H2,1-3H3,(H,35,38). The van der Waals surface area contributed by atoms with Crippen molar-refractivity contribution in [2.45, 2.75) is 38.0 Å². The number of nitrogens with one attached hydrogen (secondary N) is 2. The van der Waals surface area contributed by atoms with Gasteiger partial charge in [0, 0.05) is 35.8 Å². The van der Waals surface area contributed by atoms with Crippen LogP contribution in [0.4, 0.5) is 4.79 Å². The van der Waals surface area contributed by atoms with Gasteiger partial charge in [0.15, 0.2) is 0 Å². The largest absolute Gasteiger partial charge is 0.453 e. The Morgan fingerprint density at radius 2 is 1.90 bits per heavy atom. The first-order valence-corrected chi connectivity index (χ1v) is 14.2. The van der Waals surface area contributed by atoms with Gasteiger partial charge in [-0.05, 0) is 61.7 Å². The summed E-state index contributed by atoms with van der Waals surface area (Å²) in [6, 6.07) is 21.0. The van der Waals surface area contributed by atoms with Crippen molar-refractivity contribution in [3.63, 3.8) is 0 Å². The Labute approximate surface area is 246 Å². The van der Waals surface area contributed by atoms with Gasteiger partial charge in [0.1, 0.15) is 11.7 Å². The van der Waals surface area contributed by atoms with E-state index in [0.29, 0.717) is 41.2 Å². The third-order valence-corrected chi connectivity index (χ3v) is 7.76. The van der Waals surface area contributed by atoms with E-state index in [-0.39, 0.29) is 25.5 Å². The highest BCUT2D eigenvalue weighted by Gasteiger charge is 2.44. The number of carbonyl (C=O) groups excluding carboxylic acids is 2. The lowest BCUT2D eigenvalue weighted by atomic mass is 9.79. The van der Waals surface area contributed by atoms with Crippen LogP contribution in [0.1, 0.15) is 39.9 Å². The summed E-state index contributed by atoms with van der Waals surface area (Å²) in [5.74, 6) is -0.117. The molecule has 1 aliphatic rings. The monoisotopic (exact) mass is 579 g/mol. The summed E-state index contributed by atoms with van der Waals surface area (Å²) in [6.45, 7) is 3.89. The van der Waals surface area contributed by atoms with Crippen LogP contribution in [0.2, 0.25) is 5.02 Å². The van der Waals surface area contributed by atoms with Crippen molar-refractivity contribution >= 4 is 23.6 Å². The minimum atomic E-state index is -1.52. The smallest absolute Gasteiger partial charge is 0.406 e. The molecule has 1 aliphatic heterocycles. The van der Waals surface area contributed by atoms with E-state index in [1.54, 1.807) is 11.0 Å². The van der Waals surface area contributed by atoms with Crippen LogP contribution in [0, 0.1) is 6.92 Å². The zero-order valence-corrected chi connectivity index (χ0v) is 24.5. The molecule has 218 valence electrons. The van der Waals surface area contributed by atoms with Crippen LogP contribution in [0.5, 0.6) is 0 Å². The number of alkyl carbamates (subject to hydrolysis) is 1. The van der Waals surface area contributed by atoms with Crippen molar-refractivity contribution in [2.75, 3.05) is 40.4 Å². The molecule has 2 unspecified atom stereocenters. The second kappa shape index (κ2) is 14.0. The number of rotatable bonds is 10. The number of benzene rings is 3. The van der Waals surface area contributed by atoms with E-state index in [2.05, 4.69) is 15.4 Å². The average Bonchev–Trinajstić information content (AvgIpc) is 2.99. The topological polar surface area (TPSA) is 100 Å². The minimum Gasteiger partial charge on any atom is -0.453 e. The van der Waals surface area contributed by atoms with Crippen molar-refractivity contribution in [3.8, 4) is 11.1 Å². The lowest BCUT2D eigenvalue weighted by Crippen LogP contribution is -2.54. The van der Waals surface area contributed by atoms with Gasteiger partial charge >= 0.3 is 6.09 Å². The highest BCUT2D eigenvalue weighted by Crippen LogP contribution is 2.42. The van der Waals surface area contributed by atoms with Crippen molar-refractivity contribution in [3.05, 3.63) is 94.0 Å². The summed E-state index contributed by atoms with van der Waals surface area (Å²) < 4.78 is 10.9. The number of nitrogens with zero attached hydrogens (tertiary/aromatic N) is 1. The van der Waals surface area contributed by atoms with Crippen LogP contribution in [-0.2, 0) is 21.6 Å². The minimum absolute atomic E-state index is 0.117. The third-order valence-electron chi connectivity index (χ3n) is 7.44. The molecular formula is C32H38ClN3O5. The molecule has 1 heterocycles. The molecule has 0 radical (unpaired) electrons. The number of halogens is 1. The summed E-state index contributed by atoms with van der Waals surface area (Å²) in [7, 11) is 3.19. The van der Waals surface area contributed by atoms with Gasteiger partial charge in [-0.3, -0.25) is 4.79 Å². The van der Waals surface area contributed by atoms with Gasteiger partial charge in [0.05, 0.1) is 20.3 Å². The van der Waals surface area contributed by atoms with Crippen LogP contribution < -0.4 is 10.6 Å². The highest BCUT2D eigenvalue weighted by atomic mass is 35.5. The summed E-state index contributed by atoms with van der Waals surface area (Å²) in [4.78, 5) is 26.9. The molecule has 2 atom stereocenters. The Balaban J connectivity index is 1.67. The van der Waals surface area contributed by atoms with Crippen LogP contribution in [0.25, 0.3) is 11.1 Å². The Morgan fingerprint density at radius 1 is 1.15 bits per heavy atom. The number of aryl methyl sites for hydroxylation is 1. The van der Waals surface area contributed by atoms with Gasteiger partial charge in [0.2, 0.25) is 0 Å². The number of aliphatic hydroxyl groups is 1. The molecule has 4 rings (SSSR count). The van der Waals surface area contributed by atoms with Crippen LogP contribution in [-0.4, -0.2) is 68.5 Å². The normalized spacial score (nSPS) is 16.6. The van der Waals surface area contributed by atoms with E-state index in [1.165, 1.54) is 7.11 Å². The molecule has 0 aromatic heterocycles. The molecule has 0 bridgehead atoms. The Hall–Kier alpha value is -3.43. The maximum atomic E-state index is 13.5. The van der Waals surface area contributed by atoms with Gasteiger partial charge in [-0.25, -0.2) is 4.79 Å². The van der Waals surface area contributed by atoms with Gasteiger partial charge in [-0.1, -0.05) is 65.7 Å². The van der Waals surface area contributed by atoms with Crippen molar-refractivity contribution in [1.82, 2.24) is 15.5 Å². The van der Waals surface area contributed by atoms with Crippen molar-refractivity contribution in [2.24, 2.45) is 0 Å². The van der Waals surface area contributed by atoms with Gasteiger partial charge in [0.25, 0.3) is 5.91 Å². The first kappa shape index (κ1) is 30.5. The average molecular weight is 580 g/mol. The molecule has 0 aliphatic carbocycles. The van der Waals surface area contributed by atoms with E-state index < -0.39 is 17.8 Å². The number of hydrogen-bond donors (Lipinski definition) is 3. The van der Waals surface area contributed by atoms with E-state index in [9.17, 15) is 14.7 Å². The summed E-state index contributed by atoms with van der Waals surface area (Å²) >= 11 is 6.78. The predicted molar refractivity (Wildman–Crippen MR) is 160 cm³/mol. The van der Waals surface area contributed by atoms with Crippen molar-refractivity contribution in [1.29, 1.82) is 0 Å². The second-order valence-corrected chi connectivity index (χ2v) is 10.7. The number of carbonyl (C=O) groups is 2. The zero-order valence-electron chi connectivity index (χ0n) is 23.8. The molecule has 1 fully saturated rings. The molecule has 0 spiro atoms. The number of methoxy groups -OCH3 is 1. The van der Waals surface area contributed by atoms with Crippen LogP contribution >= 0.6 is 11.6 Å². The fourth-order valence-corrected chi connectivity index (χ4v) is 5.63. The molecular weight excluding hydrogens is 542 g/mol. The first-order valence-electron chi connectivity index (χ1n) is 13.8. The van der Waals surface area contributed by atoms with Gasteiger partial charge in [-0.2, -0.15) is 0 Å². The molecule has 3 N–H and O–H groups in total. The molecule has 2 amide bonds. The molecule has 9 heteroatoms. The van der Waals surface area contributed by atoms with E-state index in [4.69, 9.17) is 16.3 Å². The second-order valence-electron chi connectivity index (χ2n) is 10.3. The summed E-state index contributed by atoms with van der Waals surface area (Å²) in [5.41, 5.74) is 3.42. The van der Waals surface area contributed by atoms with Crippen molar-refractivity contribution < 1.29 is 24.2 Å². The number of hydrogen-bond acceptors (Lipinski definition) is 6. The lowest BCUT2D eigenvalue weighted by Gasteiger charge is -2.43. The SMILES string of the molecule is CNCc1ccc(C(=O)N2CCOC(C(O)(CCCNC(=O)OC)c3cccc(Cl)c3-c3cccc(C)c3)C2)cc1. The molecule has 3 aromatic carbocycles. The predicted octanol–water partition coefficient (Wildman–Crippen LogP) is 4.90. The quantitative estimate of drug-likeness (QED) is 0.296. The van der Waals surface area contributed by atoms with Gasteiger partial charge in [-0.15, -0.1) is 0 Å². The van der Waals surface area contributed by atoms with E-state index >= 15 is 0 Å². The highest BCUT2D eigenvalue weighted by molar-refractivity contribution is 6.33. The molecule has 8 nitrogen and oxygen atoms in total. The lowest BCUT2D eigenvalue weighted by molar-refractivity contribution is -0.146. The third kappa shape index (κ3) is 7.26. The summed E-state index contributed by atoms with van der Waals surface area (Å²) in [6.07, 6.45) is -0.583. The maximum absolute atomic E-state index is 13.5. The molecule has 3 aromatic rings. The fraction of sp³-hybridized carbons (Fsp3) is 0.375. The van der Waals surface area contributed by atoms with Crippen LogP contribution in [0.15, 0.2) is 66.7 Å². The molecule has 41 heavy (non-hydrogen) atoms. The van der Waals surface area contributed by atoms with E-state index in [1.807, 2.05) is 74.6 Å².